The van der Waals surface area contributed by atoms with E-state index in [2.05, 4.69) is 215 Å². The molecule has 0 unspecified atom stereocenters. The molecule has 9 aromatic rings. The molecule has 3 aliphatic heterocycles. The molecule has 0 atom stereocenters. The van der Waals surface area contributed by atoms with Gasteiger partial charge < -0.3 is 28.7 Å². The van der Waals surface area contributed by atoms with Crippen LogP contribution in [0.15, 0.2) is 152 Å². The zero-order chi connectivity index (χ0) is 45.3. The Morgan fingerprint density at radius 2 is 1.28 bits per heavy atom. The van der Waals surface area contributed by atoms with Gasteiger partial charge >= 0.3 is 0 Å². The first-order chi connectivity index (χ1) is 31.7. The summed E-state index contributed by atoms with van der Waals surface area (Å²) in [5.41, 5.74) is 13.9. The van der Waals surface area contributed by atoms with E-state index in [0.717, 1.165) is 73.2 Å². The summed E-state index contributed by atoms with van der Waals surface area (Å²) >= 11 is 0. The molecular weight excluding hydrogens is 1010 g/mol. The van der Waals surface area contributed by atoms with Crippen LogP contribution in [-0.4, -0.2) is 9.55 Å². The number of para-hydroxylation sites is 5. The van der Waals surface area contributed by atoms with E-state index in [9.17, 15) is 0 Å². The van der Waals surface area contributed by atoms with E-state index in [-0.39, 0.29) is 37.3 Å². The van der Waals surface area contributed by atoms with Crippen LogP contribution in [0, 0.1) is 18.8 Å². The third-order valence-corrected chi connectivity index (χ3v) is 13.6. The average molecular weight is 1060 g/mol. The molecule has 8 heteroatoms. The van der Waals surface area contributed by atoms with Crippen LogP contribution in [0.5, 0.6) is 23.0 Å². The van der Waals surface area contributed by atoms with Gasteiger partial charge in [-0.3, -0.25) is 0 Å². The van der Waals surface area contributed by atoms with Gasteiger partial charge in [0.15, 0.2) is 11.5 Å². The molecule has 2 aromatic heterocycles. The van der Waals surface area contributed by atoms with Crippen molar-refractivity contribution in [2.45, 2.75) is 71.6 Å². The molecule has 0 saturated carbocycles. The fourth-order valence-corrected chi connectivity index (χ4v) is 10.0. The van der Waals surface area contributed by atoms with E-state index in [1.165, 1.54) is 27.9 Å². The van der Waals surface area contributed by atoms with Crippen molar-refractivity contribution in [1.82, 2.24) is 9.55 Å². The molecule has 0 N–H and O–H groups in total. The second-order valence-electron chi connectivity index (χ2n) is 20.3. The van der Waals surface area contributed by atoms with Crippen molar-refractivity contribution < 1.29 is 30.5 Å². The van der Waals surface area contributed by atoms with Crippen LogP contribution in [0.3, 0.4) is 0 Å². The van der Waals surface area contributed by atoms with Crippen LogP contribution in [0.2, 0.25) is 0 Å². The third kappa shape index (κ3) is 6.84. The van der Waals surface area contributed by atoms with Crippen molar-refractivity contribution in [2.75, 3.05) is 14.7 Å². The molecule has 67 heavy (non-hydrogen) atoms. The van der Waals surface area contributed by atoms with Crippen molar-refractivity contribution in [1.29, 1.82) is 0 Å². The molecule has 0 radical (unpaired) electrons. The van der Waals surface area contributed by atoms with Crippen molar-refractivity contribution in [2.24, 2.45) is 0 Å². The minimum atomic E-state index is -0.294. The number of hydrogen-bond acceptors (Lipinski definition) is 6. The minimum absolute atomic E-state index is 0. The van der Waals surface area contributed by atoms with E-state index >= 15 is 0 Å². The number of anilines is 7. The molecule has 12 rings (SSSR count). The summed E-state index contributed by atoms with van der Waals surface area (Å²) in [6.07, 6.45) is 1.91. The van der Waals surface area contributed by atoms with E-state index in [0.29, 0.717) is 11.5 Å². The summed E-state index contributed by atoms with van der Waals surface area (Å²) in [7, 11) is 0. The van der Waals surface area contributed by atoms with Gasteiger partial charge in [0.05, 0.1) is 17.1 Å². The molecule has 0 amide bonds. The Kier molecular flexibility index (Phi) is 9.81. The molecule has 7 nitrogen and oxygen atoms in total. The molecule has 0 aliphatic carbocycles. The summed E-state index contributed by atoms with van der Waals surface area (Å²) in [6, 6.07) is 58.7. The molecule has 0 fully saturated rings. The number of fused-ring (bicyclic) bond motifs is 8. The monoisotopic (exact) mass is 1060 g/mol. The first-order valence-corrected chi connectivity index (χ1v) is 22.8. The first-order valence-electron chi connectivity index (χ1n) is 22.8. The SMILES string of the molecule is CC(C)(C)c1ccnc(-n2c3[c-]c(Oc4[c-]c(N5[CH-]N(c6cc7c8c(c6)C(C)(C)c6ccccc6N8c6ccccc6O7)c6ccccc65)ccc4)ccc3c3cc(C(C)(C)C)ccc32)c1.[Pt]. The molecule has 5 heterocycles. The maximum Gasteiger partial charge on any atom is 0.153 e. The number of rotatable bonds is 5. The average Bonchev–Trinajstić information content (AvgIpc) is 3.85. The fourth-order valence-electron chi connectivity index (χ4n) is 10.0. The first kappa shape index (κ1) is 42.8. The number of hydrogen-bond donors (Lipinski definition) is 0. The number of benzene rings is 7. The van der Waals surface area contributed by atoms with Gasteiger partial charge in [0, 0.05) is 72.8 Å². The second-order valence-corrected chi connectivity index (χ2v) is 20.3. The maximum atomic E-state index is 6.79. The quantitative estimate of drug-likeness (QED) is 0.160. The van der Waals surface area contributed by atoms with Gasteiger partial charge in [0.1, 0.15) is 5.82 Å². The van der Waals surface area contributed by atoms with Crippen molar-refractivity contribution in [3.05, 3.63) is 193 Å². The topological polar surface area (TPSA) is 46.0 Å². The molecular formula is C59H50N5O2Pt-3. The smallest absolute Gasteiger partial charge is 0.153 e. The van der Waals surface area contributed by atoms with E-state index in [1.54, 1.807) is 0 Å². The van der Waals surface area contributed by atoms with E-state index in [1.807, 2.05) is 30.5 Å². The van der Waals surface area contributed by atoms with Crippen LogP contribution in [0.4, 0.5) is 39.8 Å². The molecule has 0 spiro atoms. The van der Waals surface area contributed by atoms with Crippen LogP contribution in [0.1, 0.15) is 77.6 Å². The second kappa shape index (κ2) is 15.4. The normalized spacial score (nSPS) is 14.5. The van der Waals surface area contributed by atoms with Gasteiger partial charge in [-0.15, -0.1) is 48.1 Å². The fraction of sp³-hybridized carbons (Fsp3) is 0.186. The standard InChI is InChI=1S/C59H50N5O2.Pt/c1-57(2,3)37-24-27-47-44(30-37)43-26-25-42(35-52(43)63(47)55-31-38(28-29-60-55)58(4,5)6)65-41-17-15-16-39(32-41)61-36-62(50-21-12-11-20-49(50)61)40-33-46-56-54(34-40)66-53-23-14-13-22-51(53)64(56)48-19-10-9-18-45(48)59(46,7)8;/h9-31,33-34,36H,1-8H3;/q-3;. The molecule has 3 aliphatic rings. The number of ether oxygens (including phenoxy) is 2. The zero-order valence-corrected chi connectivity index (χ0v) is 41.2. The van der Waals surface area contributed by atoms with Gasteiger partial charge in [0.2, 0.25) is 0 Å². The van der Waals surface area contributed by atoms with Gasteiger partial charge in [-0.05, 0) is 93.1 Å². The maximum absolute atomic E-state index is 6.79. The van der Waals surface area contributed by atoms with Gasteiger partial charge in [-0.2, -0.15) is 12.1 Å². The van der Waals surface area contributed by atoms with Crippen molar-refractivity contribution in [3.8, 4) is 28.8 Å². The summed E-state index contributed by atoms with van der Waals surface area (Å²) in [4.78, 5) is 11.7. The van der Waals surface area contributed by atoms with Gasteiger partial charge in [-0.1, -0.05) is 116 Å². The summed E-state index contributed by atoms with van der Waals surface area (Å²) in [6.45, 7) is 20.2. The summed E-state index contributed by atoms with van der Waals surface area (Å²) in [5, 5.41) is 2.26. The Balaban J connectivity index is 0.00000494. The van der Waals surface area contributed by atoms with Crippen LogP contribution >= 0.6 is 0 Å². The Labute approximate surface area is 407 Å². The molecule has 7 aromatic carbocycles. The van der Waals surface area contributed by atoms with E-state index < -0.39 is 0 Å². The largest absolute Gasteiger partial charge is 0.509 e. The Hall–Kier alpha value is -6.82. The number of aromatic nitrogens is 2. The molecule has 0 bridgehead atoms. The summed E-state index contributed by atoms with van der Waals surface area (Å²) in [5.74, 6) is 3.70. The van der Waals surface area contributed by atoms with Crippen LogP contribution in [0.25, 0.3) is 27.6 Å². The van der Waals surface area contributed by atoms with Crippen LogP contribution in [-0.2, 0) is 37.3 Å². The predicted molar refractivity (Wildman–Crippen MR) is 269 cm³/mol. The minimum Gasteiger partial charge on any atom is -0.509 e. The number of pyridine rings is 1. The third-order valence-electron chi connectivity index (χ3n) is 13.6. The predicted octanol–water partition coefficient (Wildman–Crippen LogP) is 15.8. The number of nitrogens with zero attached hydrogens (tertiary/aromatic N) is 5. The Morgan fingerprint density at radius 3 is 2.06 bits per heavy atom. The van der Waals surface area contributed by atoms with Crippen molar-refractivity contribution >= 4 is 61.6 Å². The van der Waals surface area contributed by atoms with Crippen LogP contribution < -0.4 is 24.2 Å². The molecule has 0 saturated heterocycles. The van der Waals surface area contributed by atoms with Crippen molar-refractivity contribution in [3.63, 3.8) is 0 Å². The van der Waals surface area contributed by atoms with E-state index in [4.69, 9.17) is 14.5 Å². The Bertz CT molecular complexity index is 3450. The van der Waals surface area contributed by atoms with Gasteiger partial charge in [-0.25, -0.2) is 4.98 Å². The summed E-state index contributed by atoms with van der Waals surface area (Å²) < 4.78 is 15.7. The Morgan fingerprint density at radius 1 is 0.597 bits per heavy atom. The van der Waals surface area contributed by atoms with Gasteiger partial charge in [0.25, 0.3) is 0 Å². The zero-order valence-electron chi connectivity index (χ0n) is 38.9. The molecule has 336 valence electrons.